The molecule has 222 valence electrons. The minimum Gasteiger partial charge on any atom is -0.443 e. The van der Waals surface area contributed by atoms with E-state index in [1.807, 2.05) is 13.8 Å². The molecule has 6 nitrogen and oxygen atoms in total. The predicted molar refractivity (Wildman–Crippen MR) is 161 cm³/mol. The molecule has 0 radical (unpaired) electrons. The van der Waals surface area contributed by atoms with Crippen LogP contribution in [0.1, 0.15) is 109 Å². The average Bonchev–Trinajstić information content (AvgIpc) is 2.74. The first-order chi connectivity index (χ1) is 17.4. The molecule has 0 aliphatic heterocycles. The zero-order chi connectivity index (χ0) is 30.1. The highest BCUT2D eigenvalue weighted by Gasteiger charge is 2.33. The molecule has 6 heteroatoms. The van der Waals surface area contributed by atoms with Gasteiger partial charge in [0.15, 0.2) is 0 Å². The van der Waals surface area contributed by atoms with Crippen LogP contribution in [0.4, 0.5) is 9.59 Å². The number of amides is 2. The van der Waals surface area contributed by atoms with Crippen LogP contribution >= 0.6 is 0 Å². The first-order valence-electron chi connectivity index (χ1n) is 14.4. The van der Waals surface area contributed by atoms with Crippen molar-refractivity contribution >= 4 is 12.2 Å². The first-order valence-corrected chi connectivity index (χ1v) is 14.4. The van der Waals surface area contributed by atoms with E-state index in [9.17, 15) is 9.59 Å². The van der Waals surface area contributed by atoms with E-state index < -0.39 is 17.3 Å². The second kappa shape index (κ2) is 19.0. The van der Waals surface area contributed by atoms with Crippen LogP contribution in [0.15, 0.2) is 12.7 Å². The van der Waals surface area contributed by atoms with E-state index in [0.717, 1.165) is 25.7 Å². The lowest BCUT2D eigenvalue weighted by molar-refractivity contribution is -0.0112. The Morgan fingerprint density at radius 1 is 0.763 bits per heavy atom. The summed E-state index contributed by atoms with van der Waals surface area (Å²) in [5.74, 6) is 5.54. The fourth-order valence-corrected chi connectivity index (χ4v) is 4.69. The third kappa shape index (κ3) is 19.0. The van der Waals surface area contributed by atoms with Crippen molar-refractivity contribution in [3.05, 3.63) is 12.7 Å². The maximum Gasteiger partial charge on any atom is 0.408 e. The van der Waals surface area contributed by atoms with Gasteiger partial charge < -0.3 is 20.1 Å². The molecular weight excluding hydrogens is 476 g/mol. The van der Waals surface area contributed by atoms with E-state index in [1.165, 1.54) is 0 Å². The van der Waals surface area contributed by atoms with Gasteiger partial charge in [0.25, 0.3) is 0 Å². The monoisotopic (exact) mass is 536 g/mol. The third-order valence-corrected chi connectivity index (χ3v) is 6.87. The highest BCUT2D eigenvalue weighted by molar-refractivity contribution is 5.68. The molecule has 0 spiro atoms. The van der Waals surface area contributed by atoms with Crippen LogP contribution in [-0.4, -0.2) is 36.5 Å². The Hall–Kier alpha value is -2.16. The molecule has 38 heavy (non-hydrogen) atoms. The van der Waals surface area contributed by atoms with Crippen LogP contribution in [0, 0.1) is 47.9 Å². The molecule has 0 aliphatic rings. The Labute approximate surface area is 235 Å². The number of carbonyl (C=O) groups excluding carboxylic acids is 2. The van der Waals surface area contributed by atoms with Crippen molar-refractivity contribution in [3.63, 3.8) is 0 Å². The SMILES string of the molecule is C#CCNC(=O)O[C@](C)(CC(C)C)C[C@@H](C)C(C)C.C=CCNC(=O)O[C@](C)(CC(C)C)C[C@@H](C)C(C)C. The van der Waals surface area contributed by atoms with Gasteiger partial charge in [-0.25, -0.2) is 9.59 Å². The lowest BCUT2D eigenvalue weighted by Gasteiger charge is -2.34. The van der Waals surface area contributed by atoms with Gasteiger partial charge in [0.1, 0.15) is 11.2 Å². The molecule has 2 amide bonds. The first kappa shape index (κ1) is 38.0. The smallest absolute Gasteiger partial charge is 0.408 e. The molecule has 0 aromatic heterocycles. The molecule has 0 aliphatic carbocycles. The zero-order valence-corrected chi connectivity index (χ0v) is 26.7. The normalized spacial score (nSPS) is 15.9. The Bertz CT molecular complexity index is 725. The summed E-state index contributed by atoms with van der Waals surface area (Å²) >= 11 is 0. The molecule has 0 heterocycles. The number of nitrogens with one attached hydrogen (secondary N) is 2. The van der Waals surface area contributed by atoms with E-state index in [1.54, 1.807) is 6.08 Å². The standard InChI is InChI=1S/C16H31NO2.C16H29NO2/c2*1-8-9-17-15(18)19-16(7,10-12(2)3)11-14(6)13(4)5/h8,12-14H,1,9-11H2,2-7H3,(H,17,18);1,12-14H,9-11H2,2-7H3,(H,17,18)/t2*14-,16-/m11/s1. The summed E-state index contributed by atoms with van der Waals surface area (Å²) in [6.07, 6.45) is 9.50. The Kier molecular flexibility index (Phi) is 19.0. The fourth-order valence-electron chi connectivity index (χ4n) is 4.69. The molecule has 0 saturated heterocycles. The van der Waals surface area contributed by atoms with Crippen molar-refractivity contribution in [2.45, 2.75) is 120 Å². The molecule has 2 N–H and O–H groups in total. The second-order valence-electron chi connectivity index (χ2n) is 13.0. The van der Waals surface area contributed by atoms with Crippen molar-refractivity contribution in [1.82, 2.24) is 10.6 Å². The molecule has 0 aromatic carbocycles. The minimum atomic E-state index is -0.434. The summed E-state index contributed by atoms with van der Waals surface area (Å²) in [5.41, 5.74) is -0.834. The molecule has 0 unspecified atom stereocenters. The Morgan fingerprint density at radius 3 is 1.42 bits per heavy atom. The van der Waals surface area contributed by atoms with Gasteiger partial charge in [-0.05, 0) is 75.0 Å². The molecule has 0 rings (SSSR count). The summed E-state index contributed by atoms with van der Waals surface area (Å²) in [6, 6.07) is 0. The summed E-state index contributed by atoms with van der Waals surface area (Å²) < 4.78 is 11.3. The number of terminal acetylenes is 1. The average molecular weight is 537 g/mol. The van der Waals surface area contributed by atoms with E-state index in [4.69, 9.17) is 15.9 Å². The van der Waals surface area contributed by atoms with Gasteiger partial charge in [-0.2, -0.15) is 0 Å². The van der Waals surface area contributed by atoms with Crippen molar-refractivity contribution in [1.29, 1.82) is 0 Å². The van der Waals surface area contributed by atoms with E-state index in [2.05, 4.69) is 92.4 Å². The summed E-state index contributed by atoms with van der Waals surface area (Å²) in [4.78, 5) is 23.5. The summed E-state index contributed by atoms with van der Waals surface area (Å²) in [7, 11) is 0. The summed E-state index contributed by atoms with van der Waals surface area (Å²) in [6.45, 7) is 30.1. The molecular formula is C32H60N2O4. The number of ether oxygens (including phenoxy) is 2. The van der Waals surface area contributed by atoms with Gasteiger partial charge in [0.05, 0.1) is 6.54 Å². The number of hydrogen-bond donors (Lipinski definition) is 2. The number of carbonyl (C=O) groups is 2. The highest BCUT2D eigenvalue weighted by Crippen LogP contribution is 2.32. The van der Waals surface area contributed by atoms with Crippen LogP contribution in [-0.2, 0) is 9.47 Å². The van der Waals surface area contributed by atoms with Gasteiger partial charge in [-0.3, -0.25) is 0 Å². The second-order valence-corrected chi connectivity index (χ2v) is 13.0. The number of alkyl carbamates (subject to hydrolysis) is 2. The quantitative estimate of drug-likeness (QED) is 0.163. The fraction of sp³-hybridized carbons (Fsp3) is 0.812. The van der Waals surface area contributed by atoms with Crippen LogP contribution in [0.2, 0.25) is 0 Å². The minimum absolute atomic E-state index is 0.205. The van der Waals surface area contributed by atoms with Crippen molar-refractivity contribution < 1.29 is 19.1 Å². The van der Waals surface area contributed by atoms with Crippen molar-refractivity contribution in [2.24, 2.45) is 35.5 Å². The predicted octanol–water partition coefficient (Wildman–Crippen LogP) is 8.22. The molecule has 0 fully saturated rings. The van der Waals surface area contributed by atoms with Crippen LogP contribution in [0.5, 0.6) is 0 Å². The van der Waals surface area contributed by atoms with E-state index >= 15 is 0 Å². The van der Waals surface area contributed by atoms with Gasteiger partial charge in [-0.15, -0.1) is 13.0 Å². The largest absolute Gasteiger partial charge is 0.443 e. The van der Waals surface area contributed by atoms with Crippen molar-refractivity contribution in [3.8, 4) is 12.3 Å². The number of rotatable bonds is 15. The lowest BCUT2D eigenvalue weighted by Crippen LogP contribution is -2.40. The topological polar surface area (TPSA) is 76.7 Å². The van der Waals surface area contributed by atoms with Gasteiger partial charge in [0, 0.05) is 6.54 Å². The molecule has 0 aromatic rings. The Balaban J connectivity index is 0. The van der Waals surface area contributed by atoms with E-state index in [-0.39, 0.29) is 12.6 Å². The van der Waals surface area contributed by atoms with Gasteiger partial charge in [0.2, 0.25) is 0 Å². The highest BCUT2D eigenvalue weighted by atomic mass is 16.6. The van der Waals surface area contributed by atoms with Gasteiger partial charge in [-0.1, -0.05) is 81.2 Å². The van der Waals surface area contributed by atoms with Crippen LogP contribution in [0.3, 0.4) is 0 Å². The van der Waals surface area contributed by atoms with E-state index in [0.29, 0.717) is 42.1 Å². The lowest BCUT2D eigenvalue weighted by atomic mass is 9.81. The van der Waals surface area contributed by atoms with Crippen LogP contribution < -0.4 is 10.6 Å². The molecule has 0 bridgehead atoms. The Morgan fingerprint density at radius 2 is 1.13 bits per heavy atom. The third-order valence-electron chi connectivity index (χ3n) is 6.87. The molecule has 0 saturated carbocycles. The summed E-state index contributed by atoms with van der Waals surface area (Å²) in [5, 5.41) is 5.25. The van der Waals surface area contributed by atoms with Crippen LogP contribution in [0.25, 0.3) is 0 Å². The maximum atomic E-state index is 11.8. The maximum absolute atomic E-state index is 11.8. The number of hydrogen-bond acceptors (Lipinski definition) is 4. The van der Waals surface area contributed by atoms with Crippen molar-refractivity contribution in [2.75, 3.05) is 13.1 Å². The van der Waals surface area contributed by atoms with Gasteiger partial charge >= 0.3 is 12.2 Å². The molecule has 4 atom stereocenters. The zero-order valence-electron chi connectivity index (χ0n) is 26.7.